The average molecular weight is 509 g/mol. The maximum absolute atomic E-state index is 13.3. The first kappa shape index (κ1) is 23.4. The van der Waals surface area contributed by atoms with E-state index >= 15 is 0 Å². The Hall–Kier alpha value is -4.38. The van der Waals surface area contributed by atoms with Crippen molar-refractivity contribution in [1.29, 1.82) is 0 Å². The van der Waals surface area contributed by atoms with Crippen LogP contribution in [-0.2, 0) is 14.3 Å². The molecule has 2 aromatic carbocycles. The number of aliphatic hydroxyl groups is 1. The molecule has 5 rings (SSSR count). The van der Waals surface area contributed by atoms with E-state index < -0.39 is 29.5 Å². The Morgan fingerprint density at radius 1 is 1.14 bits per heavy atom. The van der Waals surface area contributed by atoms with Crippen LogP contribution < -0.4 is 14.4 Å². The van der Waals surface area contributed by atoms with Crippen LogP contribution in [0.3, 0.4) is 0 Å². The molecule has 0 spiro atoms. The number of aryl methyl sites for hydroxylation is 1. The average Bonchev–Trinajstić information content (AvgIpc) is 3.39. The number of amides is 1. The number of Topliss-reactive ketones (excluding diaryl/α,β-unsaturated/α-hetero) is 1. The lowest BCUT2D eigenvalue weighted by atomic mass is 9.95. The first-order valence-electron chi connectivity index (χ1n) is 10.9. The number of esters is 1. The number of hydrogen-bond acceptors (Lipinski definition) is 10. The summed E-state index contributed by atoms with van der Waals surface area (Å²) in [5.74, 6) is -2.14. The second-order valence-corrected chi connectivity index (χ2v) is 9.00. The molecule has 0 saturated carbocycles. The van der Waals surface area contributed by atoms with Crippen LogP contribution >= 0.6 is 11.3 Å². The Labute approximate surface area is 209 Å². The molecule has 0 aliphatic carbocycles. The van der Waals surface area contributed by atoms with Crippen molar-refractivity contribution < 1.29 is 38.8 Å². The Morgan fingerprint density at radius 3 is 2.61 bits per heavy atom. The van der Waals surface area contributed by atoms with Gasteiger partial charge in [0.1, 0.15) is 29.6 Å². The van der Waals surface area contributed by atoms with E-state index in [1.54, 1.807) is 31.2 Å². The number of fused-ring (bicyclic) bond motifs is 1. The predicted molar refractivity (Wildman–Crippen MR) is 129 cm³/mol. The van der Waals surface area contributed by atoms with Gasteiger partial charge < -0.3 is 24.4 Å². The number of methoxy groups -OCH3 is 1. The SMILES string of the molecule is COC(=O)c1sc(N2C(=O)C(=O)C(=C(O)c3ccc4c(c3)OCCO4)C2c2cccc(O)c2)nc1C. The molecule has 2 N–H and O–H groups in total. The van der Waals surface area contributed by atoms with Gasteiger partial charge in [0.05, 0.1) is 24.4 Å². The second-order valence-electron chi connectivity index (χ2n) is 8.03. The Morgan fingerprint density at radius 2 is 1.89 bits per heavy atom. The van der Waals surface area contributed by atoms with Gasteiger partial charge in [-0.15, -0.1) is 0 Å². The Bertz CT molecular complexity index is 1440. The van der Waals surface area contributed by atoms with Gasteiger partial charge in [-0.2, -0.15) is 0 Å². The molecule has 11 heteroatoms. The maximum Gasteiger partial charge on any atom is 0.350 e. The van der Waals surface area contributed by atoms with Gasteiger partial charge in [0.15, 0.2) is 16.6 Å². The van der Waals surface area contributed by atoms with E-state index in [-0.39, 0.29) is 26.9 Å². The number of nitrogens with zero attached hydrogens (tertiary/aromatic N) is 2. The molecule has 10 nitrogen and oxygen atoms in total. The minimum absolute atomic E-state index is 0.0737. The zero-order chi connectivity index (χ0) is 25.6. The monoisotopic (exact) mass is 508 g/mol. The number of carbonyl (C=O) groups is 3. The lowest BCUT2D eigenvalue weighted by Crippen LogP contribution is -2.29. The van der Waals surface area contributed by atoms with E-state index in [9.17, 15) is 24.6 Å². The van der Waals surface area contributed by atoms with Crippen molar-refractivity contribution in [2.24, 2.45) is 0 Å². The second kappa shape index (κ2) is 9.00. The molecule has 3 heterocycles. The lowest BCUT2D eigenvalue weighted by molar-refractivity contribution is -0.132. The molecule has 1 atom stereocenters. The molecule has 0 bridgehead atoms. The molecule has 1 aromatic heterocycles. The molecule has 0 radical (unpaired) electrons. The third kappa shape index (κ3) is 3.83. The third-order valence-electron chi connectivity index (χ3n) is 5.81. The highest BCUT2D eigenvalue weighted by Gasteiger charge is 2.48. The highest BCUT2D eigenvalue weighted by Crippen LogP contribution is 2.45. The van der Waals surface area contributed by atoms with Crippen LogP contribution in [0.2, 0.25) is 0 Å². The largest absolute Gasteiger partial charge is 0.508 e. The van der Waals surface area contributed by atoms with E-state index in [0.29, 0.717) is 36.0 Å². The van der Waals surface area contributed by atoms with Crippen molar-refractivity contribution in [3.05, 3.63) is 69.7 Å². The lowest BCUT2D eigenvalue weighted by Gasteiger charge is -2.23. The number of hydrogen-bond donors (Lipinski definition) is 2. The Balaban J connectivity index is 1.69. The zero-order valence-electron chi connectivity index (χ0n) is 19.2. The number of anilines is 1. The molecule has 36 heavy (non-hydrogen) atoms. The van der Waals surface area contributed by atoms with Gasteiger partial charge >= 0.3 is 11.9 Å². The number of aromatic nitrogens is 1. The van der Waals surface area contributed by atoms with Crippen molar-refractivity contribution in [2.75, 3.05) is 25.2 Å². The van der Waals surface area contributed by atoms with E-state index in [0.717, 1.165) is 16.2 Å². The van der Waals surface area contributed by atoms with Crippen LogP contribution in [0.5, 0.6) is 17.2 Å². The summed E-state index contributed by atoms with van der Waals surface area (Å²) in [6.45, 7) is 2.31. The van der Waals surface area contributed by atoms with E-state index in [4.69, 9.17) is 14.2 Å². The summed E-state index contributed by atoms with van der Waals surface area (Å²) in [5, 5.41) is 21.5. The number of phenols is 1. The maximum atomic E-state index is 13.3. The van der Waals surface area contributed by atoms with E-state index in [2.05, 4.69) is 4.98 Å². The zero-order valence-corrected chi connectivity index (χ0v) is 20.0. The molecule has 1 fully saturated rings. The summed E-state index contributed by atoms with van der Waals surface area (Å²) in [7, 11) is 1.23. The highest BCUT2D eigenvalue weighted by molar-refractivity contribution is 7.17. The fraction of sp³-hybridized carbons (Fsp3) is 0.200. The normalized spacial score (nSPS) is 18.4. The standard InChI is InChI=1S/C25H20N2O8S/c1-12-22(24(32)33-2)36-25(26-12)27-19(13-4-3-5-15(28)10-13)18(21(30)23(27)31)20(29)14-6-7-16-17(11-14)35-9-8-34-16/h3-7,10-11,19,28-29H,8-9H2,1-2H3. The number of carbonyl (C=O) groups excluding carboxylic acids is 3. The summed E-state index contributed by atoms with van der Waals surface area (Å²) in [6.07, 6.45) is 0. The molecule has 1 amide bonds. The molecule has 2 aliphatic heterocycles. The van der Waals surface area contributed by atoms with Crippen molar-refractivity contribution in [1.82, 2.24) is 4.98 Å². The number of ketones is 1. The van der Waals surface area contributed by atoms with Crippen LogP contribution in [-0.4, -0.2) is 53.2 Å². The molecule has 2 aliphatic rings. The molecule has 1 saturated heterocycles. The molecule has 184 valence electrons. The number of aliphatic hydroxyl groups excluding tert-OH is 1. The van der Waals surface area contributed by atoms with Crippen molar-refractivity contribution in [2.45, 2.75) is 13.0 Å². The number of benzene rings is 2. The predicted octanol–water partition coefficient (Wildman–Crippen LogP) is 3.34. The summed E-state index contributed by atoms with van der Waals surface area (Å²) >= 11 is 0.890. The van der Waals surface area contributed by atoms with Crippen LogP contribution in [0.15, 0.2) is 48.0 Å². The van der Waals surface area contributed by atoms with Gasteiger partial charge in [0.2, 0.25) is 0 Å². The van der Waals surface area contributed by atoms with Gasteiger partial charge in [-0.25, -0.2) is 9.78 Å². The minimum Gasteiger partial charge on any atom is -0.508 e. The summed E-state index contributed by atoms with van der Waals surface area (Å²) in [4.78, 5) is 44.4. The number of phenolic OH excluding ortho intramolecular Hbond substituents is 1. The van der Waals surface area contributed by atoms with Gasteiger partial charge in [0.25, 0.3) is 5.78 Å². The highest BCUT2D eigenvalue weighted by atomic mass is 32.1. The molecular formula is C25H20N2O8S. The third-order valence-corrected chi connectivity index (χ3v) is 6.94. The van der Waals surface area contributed by atoms with Crippen molar-refractivity contribution in [3.63, 3.8) is 0 Å². The number of thiazole rings is 1. The van der Waals surface area contributed by atoms with Gasteiger partial charge in [-0.1, -0.05) is 23.5 Å². The van der Waals surface area contributed by atoms with Crippen molar-refractivity contribution in [3.8, 4) is 17.2 Å². The van der Waals surface area contributed by atoms with Crippen LogP contribution in [0.4, 0.5) is 5.13 Å². The Kier molecular flexibility index (Phi) is 5.84. The number of aromatic hydroxyl groups is 1. The topological polar surface area (TPSA) is 135 Å². The van der Waals surface area contributed by atoms with Crippen molar-refractivity contribution >= 4 is 39.9 Å². The first-order chi connectivity index (χ1) is 17.3. The summed E-state index contributed by atoms with van der Waals surface area (Å²) < 4.78 is 15.9. The fourth-order valence-corrected chi connectivity index (χ4v) is 5.17. The van der Waals surface area contributed by atoms with Crippen LogP contribution in [0.1, 0.15) is 32.5 Å². The quantitative estimate of drug-likeness (QED) is 0.235. The van der Waals surface area contributed by atoms with Crippen LogP contribution in [0, 0.1) is 6.92 Å². The molecule has 1 unspecified atom stereocenters. The summed E-state index contributed by atoms with van der Waals surface area (Å²) in [5.41, 5.74) is 0.730. The van der Waals surface area contributed by atoms with Gasteiger partial charge in [-0.05, 0) is 42.8 Å². The van der Waals surface area contributed by atoms with Crippen LogP contribution in [0.25, 0.3) is 5.76 Å². The number of ether oxygens (including phenoxy) is 3. The van der Waals surface area contributed by atoms with E-state index in [1.807, 2.05) is 0 Å². The van der Waals surface area contributed by atoms with Gasteiger partial charge in [0, 0.05) is 5.56 Å². The fourth-order valence-electron chi connectivity index (χ4n) is 4.15. The molecule has 3 aromatic rings. The summed E-state index contributed by atoms with van der Waals surface area (Å²) in [6, 6.07) is 9.57. The minimum atomic E-state index is -1.12. The first-order valence-corrected chi connectivity index (χ1v) is 11.7. The van der Waals surface area contributed by atoms with Gasteiger partial charge in [-0.3, -0.25) is 14.5 Å². The molecular weight excluding hydrogens is 488 g/mol. The van der Waals surface area contributed by atoms with E-state index in [1.165, 1.54) is 25.3 Å². The number of rotatable bonds is 4. The smallest absolute Gasteiger partial charge is 0.350 e.